The monoisotopic (exact) mass is 264 g/mol. The number of piperidine rings is 1. The van der Waals surface area contributed by atoms with E-state index < -0.39 is 0 Å². The molecule has 5 heteroatoms. The number of nitrogens with zero attached hydrogens (tertiary/aromatic N) is 4. The first-order valence-electron chi connectivity index (χ1n) is 6.44. The quantitative estimate of drug-likeness (QED) is 0.835. The first kappa shape index (κ1) is 11.9. The van der Waals surface area contributed by atoms with E-state index in [0.717, 1.165) is 17.9 Å². The lowest BCUT2D eigenvalue weighted by atomic mass is 10.00. The van der Waals surface area contributed by atoms with Crippen molar-refractivity contribution in [2.24, 2.45) is 0 Å². The van der Waals surface area contributed by atoms with Crippen LogP contribution in [-0.4, -0.2) is 39.1 Å². The third-order valence-corrected chi connectivity index (χ3v) is 4.09. The summed E-state index contributed by atoms with van der Waals surface area (Å²) in [5, 5.41) is 9.12. The zero-order valence-corrected chi connectivity index (χ0v) is 11.3. The molecule has 2 aromatic rings. The average molecular weight is 265 g/mol. The van der Waals surface area contributed by atoms with Crippen molar-refractivity contribution in [3.8, 4) is 0 Å². The van der Waals surface area contributed by atoms with Crippen LogP contribution in [0.4, 0.5) is 0 Å². The van der Waals surface area contributed by atoms with Crippen LogP contribution in [0.5, 0.6) is 0 Å². The molecule has 0 amide bonds. The molecule has 18 heavy (non-hydrogen) atoms. The highest BCUT2D eigenvalue weighted by Gasteiger charge is 2.21. The molecule has 3 rings (SSSR count). The number of likely N-dealkylation sites (tertiary alicyclic amines) is 1. The molecule has 1 aliphatic heterocycles. The third kappa shape index (κ3) is 2.10. The van der Waals surface area contributed by atoms with Crippen molar-refractivity contribution in [2.75, 3.05) is 13.6 Å². The van der Waals surface area contributed by atoms with E-state index in [2.05, 4.69) is 22.1 Å². The van der Waals surface area contributed by atoms with Crippen molar-refractivity contribution in [3.05, 3.63) is 29.2 Å². The summed E-state index contributed by atoms with van der Waals surface area (Å²) in [4.78, 5) is 2.43. The third-order valence-electron chi connectivity index (χ3n) is 3.80. The number of halogens is 1. The molecular formula is C13H17ClN4. The molecule has 1 unspecified atom stereocenters. The summed E-state index contributed by atoms with van der Waals surface area (Å²) >= 11 is 6.11. The molecule has 1 saturated heterocycles. The minimum absolute atomic E-state index is 0.574. The van der Waals surface area contributed by atoms with Crippen molar-refractivity contribution in [3.63, 3.8) is 0 Å². The van der Waals surface area contributed by atoms with Crippen LogP contribution in [0.25, 0.3) is 5.65 Å². The summed E-state index contributed by atoms with van der Waals surface area (Å²) in [6, 6.07) is 4.36. The fourth-order valence-corrected chi connectivity index (χ4v) is 2.88. The summed E-state index contributed by atoms with van der Waals surface area (Å²) in [6.45, 7) is 1.18. The molecule has 2 aromatic heterocycles. The van der Waals surface area contributed by atoms with Gasteiger partial charge in [-0.3, -0.25) is 4.40 Å². The van der Waals surface area contributed by atoms with Crippen LogP contribution in [0.3, 0.4) is 0 Å². The van der Waals surface area contributed by atoms with Gasteiger partial charge in [-0.1, -0.05) is 18.0 Å². The van der Waals surface area contributed by atoms with Gasteiger partial charge in [0.15, 0.2) is 5.65 Å². The van der Waals surface area contributed by atoms with E-state index in [1.165, 1.54) is 25.8 Å². The van der Waals surface area contributed by atoms with E-state index in [4.69, 9.17) is 11.6 Å². The Balaban J connectivity index is 1.88. The zero-order valence-electron chi connectivity index (χ0n) is 10.5. The van der Waals surface area contributed by atoms with Gasteiger partial charge in [-0.05, 0) is 38.6 Å². The van der Waals surface area contributed by atoms with Crippen LogP contribution in [0.1, 0.15) is 25.1 Å². The Morgan fingerprint density at radius 2 is 2.28 bits per heavy atom. The van der Waals surface area contributed by atoms with Crippen LogP contribution < -0.4 is 0 Å². The topological polar surface area (TPSA) is 33.4 Å². The molecule has 96 valence electrons. The van der Waals surface area contributed by atoms with Crippen molar-refractivity contribution < 1.29 is 0 Å². The molecule has 0 saturated carbocycles. The molecule has 0 spiro atoms. The van der Waals surface area contributed by atoms with E-state index in [-0.39, 0.29) is 0 Å². The van der Waals surface area contributed by atoms with Gasteiger partial charge in [0.2, 0.25) is 0 Å². The molecule has 4 nitrogen and oxygen atoms in total. The standard InChI is InChI=1S/C13H17ClN4/c1-17-7-3-2-5-10(17)9-12-15-16-13-11(14)6-4-8-18(12)13/h4,6,8,10H,2-3,5,7,9H2,1H3. The van der Waals surface area contributed by atoms with E-state index in [1.807, 2.05) is 22.7 Å². The highest BCUT2D eigenvalue weighted by atomic mass is 35.5. The first-order chi connectivity index (χ1) is 8.75. The highest BCUT2D eigenvalue weighted by molar-refractivity contribution is 6.33. The van der Waals surface area contributed by atoms with Gasteiger partial charge in [0.25, 0.3) is 0 Å². The molecule has 1 atom stereocenters. The average Bonchev–Trinajstić information content (AvgIpc) is 2.77. The molecule has 0 radical (unpaired) electrons. The van der Waals surface area contributed by atoms with Crippen LogP contribution in [0.2, 0.25) is 5.02 Å². The summed E-state index contributed by atoms with van der Waals surface area (Å²) in [7, 11) is 2.19. The van der Waals surface area contributed by atoms with Gasteiger partial charge in [-0.25, -0.2) is 0 Å². The van der Waals surface area contributed by atoms with Gasteiger partial charge >= 0.3 is 0 Å². The largest absolute Gasteiger partial charge is 0.303 e. The minimum Gasteiger partial charge on any atom is -0.303 e. The van der Waals surface area contributed by atoms with Gasteiger partial charge in [0, 0.05) is 18.7 Å². The second-order valence-electron chi connectivity index (χ2n) is 5.00. The number of aromatic nitrogens is 3. The Morgan fingerprint density at radius 3 is 3.11 bits per heavy atom. The Labute approximate surface area is 112 Å². The molecule has 3 heterocycles. The highest BCUT2D eigenvalue weighted by Crippen LogP contribution is 2.20. The number of likely N-dealkylation sites (N-methyl/N-ethyl adjacent to an activating group) is 1. The van der Waals surface area contributed by atoms with Crippen molar-refractivity contribution in [1.82, 2.24) is 19.5 Å². The van der Waals surface area contributed by atoms with Gasteiger partial charge in [0.05, 0.1) is 5.02 Å². The van der Waals surface area contributed by atoms with E-state index >= 15 is 0 Å². The Kier molecular flexibility index (Phi) is 3.22. The molecule has 0 aliphatic carbocycles. The van der Waals surface area contributed by atoms with Gasteiger partial charge in [0.1, 0.15) is 5.82 Å². The predicted molar refractivity (Wildman–Crippen MR) is 72.0 cm³/mol. The predicted octanol–water partition coefficient (Wildman–Crippen LogP) is 2.41. The Bertz CT molecular complexity index is 551. The van der Waals surface area contributed by atoms with Gasteiger partial charge in [-0.2, -0.15) is 0 Å². The second kappa shape index (κ2) is 4.86. The van der Waals surface area contributed by atoms with Crippen LogP contribution in [-0.2, 0) is 6.42 Å². The fourth-order valence-electron chi connectivity index (χ4n) is 2.68. The molecule has 0 N–H and O–H groups in total. The van der Waals surface area contributed by atoms with Crippen LogP contribution >= 0.6 is 11.6 Å². The van der Waals surface area contributed by atoms with Crippen molar-refractivity contribution >= 4 is 17.2 Å². The molecule has 1 aliphatic rings. The minimum atomic E-state index is 0.574. The van der Waals surface area contributed by atoms with Crippen LogP contribution in [0.15, 0.2) is 18.3 Å². The Hall–Kier alpha value is -1.13. The van der Waals surface area contributed by atoms with E-state index in [0.29, 0.717) is 11.1 Å². The fraction of sp³-hybridized carbons (Fsp3) is 0.538. The van der Waals surface area contributed by atoms with Gasteiger partial charge < -0.3 is 4.90 Å². The number of rotatable bonds is 2. The molecule has 0 aromatic carbocycles. The molecule has 0 bridgehead atoms. The lowest BCUT2D eigenvalue weighted by Crippen LogP contribution is -2.38. The number of pyridine rings is 1. The summed E-state index contributed by atoms with van der Waals surface area (Å²) in [5.41, 5.74) is 0.757. The number of fused-ring (bicyclic) bond motifs is 1. The maximum atomic E-state index is 6.11. The number of hydrogen-bond donors (Lipinski definition) is 0. The summed E-state index contributed by atoms with van der Waals surface area (Å²) in [6.07, 6.45) is 6.79. The van der Waals surface area contributed by atoms with E-state index in [1.54, 1.807) is 0 Å². The summed E-state index contributed by atoms with van der Waals surface area (Å²) in [5.74, 6) is 1.01. The van der Waals surface area contributed by atoms with Crippen molar-refractivity contribution in [2.45, 2.75) is 31.7 Å². The lowest BCUT2D eigenvalue weighted by Gasteiger charge is -2.31. The van der Waals surface area contributed by atoms with E-state index in [9.17, 15) is 0 Å². The second-order valence-corrected chi connectivity index (χ2v) is 5.41. The molecular weight excluding hydrogens is 248 g/mol. The smallest absolute Gasteiger partial charge is 0.179 e. The Morgan fingerprint density at radius 1 is 1.39 bits per heavy atom. The SMILES string of the molecule is CN1CCCCC1Cc1nnc2c(Cl)cccn12. The lowest BCUT2D eigenvalue weighted by molar-refractivity contribution is 0.182. The normalized spacial score (nSPS) is 21.6. The molecule has 1 fully saturated rings. The van der Waals surface area contributed by atoms with Gasteiger partial charge in [-0.15, -0.1) is 10.2 Å². The zero-order chi connectivity index (χ0) is 12.5. The first-order valence-corrected chi connectivity index (χ1v) is 6.82. The number of hydrogen-bond acceptors (Lipinski definition) is 3. The maximum absolute atomic E-state index is 6.11. The summed E-state index contributed by atoms with van der Waals surface area (Å²) < 4.78 is 2.00. The maximum Gasteiger partial charge on any atom is 0.179 e. The van der Waals surface area contributed by atoms with Crippen LogP contribution in [0, 0.1) is 0 Å². The van der Waals surface area contributed by atoms with Crippen molar-refractivity contribution in [1.29, 1.82) is 0 Å².